The average molecular weight is 301 g/mol. The Morgan fingerprint density at radius 3 is 1.60 bits per heavy atom. The molecule has 0 aliphatic rings. The van der Waals surface area contributed by atoms with Gasteiger partial charge in [0.1, 0.15) is 0 Å². The SMILES string of the molecule is [Cl-].[N-]=C=S.[Pb+2]. The summed E-state index contributed by atoms with van der Waals surface area (Å²) in [5.74, 6) is 0. The maximum Gasteiger partial charge on any atom is 2.00 e. The third-order valence-electron chi connectivity index (χ3n) is 0. The van der Waals surface area contributed by atoms with E-state index in [0.29, 0.717) is 0 Å². The number of rotatable bonds is 0. The molecular formula is CClNPbS. The number of hydrogen-bond acceptors (Lipinski definition) is 1. The Balaban J connectivity index is -0.0000000200. The second kappa shape index (κ2) is 19.9. The summed E-state index contributed by atoms with van der Waals surface area (Å²) in [7, 11) is 0. The Morgan fingerprint density at radius 1 is 1.60 bits per heavy atom. The fraction of sp³-hybridized carbons (Fsp3) is 0. The van der Waals surface area contributed by atoms with Gasteiger partial charge in [-0.3, -0.25) is 0 Å². The van der Waals surface area contributed by atoms with E-state index < -0.39 is 0 Å². The first-order chi connectivity index (χ1) is 1.41. The summed E-state index contributed by atoms with van der Waals surface area (Å²) in [5.41, 5.74) is 0. The molecule has 1 nitrogen and oxygen atoms in total. The van der Waals surface area contributed by atoms with Gasteiger partial charge in [-0.1, -0.05) is 12.2 Å². The molecule has 0 aromatic carbocycles. The Labute approximate surface area is 62.2 Å². The van der Waals surface area contributed by atoms with Crippen LogP contribution in [0.4, 0.5) is 0 Å². The second-order valence-electron chi connectivity index (χ2n) is 0.0913. The van der Waals surface area contributed by atoms with Crippen LogP contribution in [-0.4, -0.2) is 32.5 Å². The van der Waals surface area contributed by atoms with Crippen LogP contribution < -0.4 is 12.4 Å². The molecule has 5 heavy (non-hydrogen) atoms. The van der Waals surface area contributed by atoms with Crippen LogP contribution in [0.15, 0.2) is 0 Å². The summed E-state index contributed by atoms with van der Waals surface area (Å²) in [4.78, 5) is 0. The van der Waals surface area contributed by atoms with Gasteiger partial charge in [-0.2, -0.15) is 5.16 Å². The molecule has 0 amide bonds. The van der Waals surface area contributed by atoms with Crippen molar-refractivity contribution in [1.29, 1.82) is 0 Å². The van der Waals surface area contributed by atoms with E-state index in [4.69, 9.17) is 5.41 Å². The third kappa shape index (κ3) is 44.4. The predicted octanol–water partition coefficient (Wildman–Crippen LogP) is -2.72. The molecule has 0 aliphatic heterocycles. The van der Waals surface area contributed by atoms with Gasteiger partial charge >= 0.3 is 27.3 Å². The van der Waals surface area contributed by atoms with Crippen molar-refractivity contribution in [3.8, 4) is 0 Å². The first kappa shape index (κ1) is 16.6. The zero-order chi connectivity index (χ0) is 2.71. The molecule has 0 aromatic heterocycles. The summed E-state index contributed by atoms with van der Waals surface area (Å²) in [6, 6.07) is 0. The summed E-state index contributed by atoms with van der Waals surface area (Å²) in [6.07, 6.45) is 0. The van der Waals surface area contributed by atoms with Crippen molar-refractivity contribution in [1.82, 2.24) is 0 Å². The first-order valence-electron chi connectivity index (χ1n) is 0.428. The average Bonchev–Trinajstić information content (AvgIpc) is 0.918. The molecule has 0 rings (SSSR count). The minimum atomic E-state index is 0. The Morgan fingerprint density at radius 2 is 1.60 bits per heavy atom. The van der Waals surface area contributed by atoms with E-state index in [0.717, 1.165) is 0 Å². The van der Waals surface area contributed by atoms with Crippen molar-refractivity contribution >= 4 is 44.7 Å². The van der Waals surface area contributed by atoms with E-state index >= 15 is 0 Å². The number of isothiocyanates is 1. The standard InChI is InChI=1S/CNS.ClH.Pb/c2-1-3;;/h;1H;/q-1;;+2/p-1. The predicted molar refractivity (Wildman–Crippen MR) is 21.7 cm³/mol. The molecule has 0 saturated heterocycles. The van der Waals surface area contributed by atoms with Crippen LogP contribution in [0.25, 0.3) is 5.41 Å². The molecule has 4 heteroatoms. The summed E-state index contributed by atoms with van der Waals surface area (Å²) in [6.45, 7) is 0. The van der Waals surface area contributed by atoms with Crippen LogP contribution in [0, 0.1) is 0 Å². The molecule has 26 valence electrons. The maximum atomic E-state index is 7.13. The third-order valence-corrected chi connectivity index (χ3v) is 0. The van der Waals surface area contributed by atoms with Crippen molar-refractivity contribution in [2.24, 2.45) is 0 Å². The van der Waals surface area contributed by atoms with Crippen molar-refractivity contribution < 1.29 is 12.4 Å². The molecule has 0 atom stereocenters. The summed E-state index contributed by atoms with van der Waals surface area (Å²) in [5, 5.41) is 8.47. The molecule has 0 saturated carbocycles. The molecule has 0 aromatic rings. The van der Waals surface area contributed by atoms with Crippen molar-refractivity contribution in [2.75, 3.05) is 0 Å². The van der Waals surface area contributed by atoms with Gasteiger partial charge in [-0.15, -0.1) is 0 Å². The summed E-state index contributed by atoms with van der Waals surface area (Å²) >= 11 is 3.70. The van der Waals surface area contributed by atoms with Gasteiger partial charge in [0.25, 0.3) is 0 Å². The molecule has 0 fully saturated rings. The minimum Gasteiger partial charge on any atom is -1.00 e. The van der Waals surface area contributed by atoms with Gasteiger partial charge in [-0.05, 0) is 0 Å². The fourth-order valence-corrected chi connectivity index (χ4v) is 0. The first-order valence-corrected chi connectivity index (χ1v) is 0.836. The van der Waals surface area contributed by atoms with Gasteiger partial charge in [0.15, 0.2) is 0 Å². The van der Waals surface area contributed by atoms with E-state index in [1.807, 2.05) is 0 Å². The molecule has 0 unspecified atom stereocenters. The number of hydrogen-bond donors (Lipinski definition) is 0. The Kier molecular flexibility index (Phi) is 66.3. The molecule has 0 bridgehead atoms. The smallest absolute Gasteiger partial charge is 1.00 e. The number of thiocarbonyl (C=S) groups is 1. The molecule has 0 N–H and O–H groups in total. The van der Waals surface area contributed by atoms with Gasteiger partial charge < -0.3 is 17.8 Å². The number of nitrogens with zero attached hydrogens (tertiary/aromatic N) is 1. The normalized spacial score (nSPS) is 1.60. The van der Waals surface area contributed by atoms with Gasteiger partial charge in [0.05, 0.1) is 0 Å². The van der Waals surface area contributed by atoms with Crippen LogP contribution in [0.5, 0.6) is 0 Å². The van der Waals surface area contributed by atoms with Crippen LogP contribution in [0.3, 0.4) is 0 Å². The van der Waals surface area contributed by atoms with Gasteiger partial charge in [0.2, 0.25) is 0 Å². The molecular weight excluding hydrogens is 301 g/mol. The number of halogens is 1. The molecule has 0 spiro atoms. The van der Waals surface area contributed by atoms with E-state index in [2.05, 4.69) is 12.2 Å². The molecule has 0 aliphatic carbocycles. The largest absolute Gasteiger partial charge is 2.00 e. The van der Waals surface area contributed by atoms with E-state index in [1.54, 1.807) is 0 Å². The zero-order valence-electron chi connectivity index (χ0n) is 2.23. The maximum absolute atomic E-state index is 7.13. The van der Waals surface area contributed by atoms with Crippen molar-refractivity contribution in [2.45, 2.75) is 0 Å². The zero-order valence-corrected chi connectivity index (χ0v) is 7.69. The van der Waals surface area contributed by atoms with Crippen LogP contribution in [0.2, 0.25) is 0 Å². The monoisotopic (exact) mass is 301 g/mol. The molecule has 0 heterocycles. The van der Waals surface area contributed by atoms with E-state index in [1.165, 1.54) is 5.16 Å². The van der Waals surface area contributed by atoms with Crippen LogP contribution in [0.1, 0.15) is 0 Å². The topological polar surface area (TPSA) is 22.3 Å². The van der Waals surface area contributed by atoms with Crippen molar-refractivity contribution in [3.63, 3.8) is 0 Å². The van der Waals surface area contributed by atoms with Gasteiger partial charge in [-0.25, -0.2) is 0 Å². The van der Waals surface area contributed by atoms with Gasteiger partial charge in [0, 0.05) is 0 Å². The van der Waals surface area contributed by atoms with E-state index in [-0.39, 0.29) is 39.7 Å². The quantitative estimate of drug-likeness (QED) is 0.271. The Hall–Kier alpha value is 1.01. The van der Waals surface area contributed by atoms with Crippen LogP contribution in [-0.2, 0) is 0 Å². The van der Waals surface area contributed by atoms with E-state index in [9.17, 15) is 0 Å². The molecule has 2 radical (unpaired) electrons. The summed E-state index contributed by atoms with van der Waals surface area (Å²) < 4.78 is 0. The van der Waals surface area contributed by atoms with Crippen molar-refractivity contribution in [3.05, 3.63) is 5.41 Å². The second-order valence-corrected chi connectivity index (χ2v) is 0.274. The Bertz CT molecular complexity index is 32.6. The van der Waals surface area contributed by atoms with Crippen LogP contribution >= 0.6 is 12.2 Å². The minimum absolute atomic E-state index is 0. The fourth-order valence-electron chi connectivity index (χ4n) is 0.